The Morgan fingerprint density at radius 3 is 2.58 bits per heavy atom. The lowest BCUT2D eigenvalue weighted by Gasteiger charge is -2.07. The van der Waals surface area contributed by atoms with Gasteiger partial charge in [-0.25, -0.2) is 4.98 Å². The van der Waals surface area contributed by atoms with Gasteiger partial charge in [0.2, 0.25) is 0 Å². The van der Waals surface area contributed by atoms with E-state index in [0.717, 1.165) is 0 Å². The highest BCUT2D eigenvalue weighted by Gasteiger charge is 2.08. The number of rotatable bonds is 1. The monoisotopic (exact) mass is 167 g/mol. The van der Waals surface area contributed by atoms with Crippen LogP contribution in [0, 0.1) is 13.8 Å². The zero-order valence-electron chi connectivity index (χ0n) is 7.51. The highest BCUT2D eigenvalue weighted by atomic mass is 16.1. The summed E-state index contributed by atoms with van der Waals surface area (Å²) in [6.07, 6.45) is 0. The number of hydrogen-bond acceptors (Lipinski definition) is 3. The Balaban J connectivity index is 3.38. The third kappa shape index (κ3) is 1.53. The maximum absolute atomic E-state index is 11.2. The summed E-state index contributed by atoms with van der Waals surface area (Å²) < 4.78 is 0. The summed E-state index contributed by atoms with van der Waals surface area (Å²) in [5.41, 5.74) is 6.82. The van der Waals surface area contributed by atoms with E-state index >= 15 is 0 Å². The first-order chi connectivity index (χ1) is 5.52. The molecular formula is C8H13N3O. The first kappa shape index (κ1) is 8.93. The largest absolute Gasteiger partial charge is 0.323 e. The molecule has 0 bridgehead atoms. The van der Waals surface area contributed by atoms with Crippen molar-refractivity contribution in [1.29, 1.82) is 0 Å². The number of aryl methyl sites for hydroxylation is 1. The van der Waals surface area contributed by atoms with Gasteiger partial charge in [-0.15, -0.1) is 0 Å². The molecule has 66 valence electrons. The smallest absolute Gasteiger partial charge is 0.254 e. The summed E-state index contributed by atoms with van der Waals surface area (Å²) in [7, 11) is 0. The minimum absolute atomic E-state index is 0.102. The molecule has 0 fully saturated rings. The summed E-state index contributed by atoms with van der Waals surface area (Å²) in [4.78, 5) is 18.0. The van der Waals surface area contributed by atoms with Crippen LogP contribution >= 0.6 is 0 Å². The van der Waals surface area contributed by atoms with E-state index in [1.807, 2.05) is 6.92 Å². The van der Waals surface area contributed by atoms with Crippen molar-refractivity contribution in [2.24, 2.45) is 5.73 Å². The van der Waals surface area contributed by atoms with Crippen LogP contribution in [0.15, 0.2) is 4.79 Å². The minimum atomic E-state index is -0.189. The topological polar surface area (TPSA) is 71.8 Å². The molecule has 0 unspecified atom stereocenters. The molecule has 12 heavy (non-hydrogen) atoms. The molecule has 1 atom stereocenters. The molecule has 0 saturated carbocycles. The lowest BCUT2D eigenvalue weighted by molar-refractivity contribution is 0.748. The van der Waals surface area contributed by atoms with E-state index in [2.05, 4.69) is 9.97 Å². The molecule has 0 radical (unpaired) electrons. The summed E-state index contributed by atoms with van der Waals surface area (Å²) >= 11 is 0. The van der Waals surface area contributed by atoms with E-state index in [1.54, 1.807) is 13.8 Å². The maximum Gasteiger partial charge on any atom is 0.254 e. The van der Waals surface area contributed by atoms with Crippen molar-refractivity contribution in [2.45, 2.75) is 26.8 Å². The van der Waals surface area contributed by atoms with Crippen LogP contribution in [0.3, 0.4) is 0 Å². The molecule has 0 aliphatic carbocycles. The first-order valence-electron chi connectivity index (χ1n) is 3.85. The van der Waals surface area contributed by atoms with Gasteiger partial charge in [-0.05, 0) is 20.8 Å². The summed E-state index contributed by atoms with van der Waals surface area (Å²) in [5.74, 6) is 0.609. The third-order valence-corrected chi connectivity index (χ3v) is 1.74. The van der Waals surface area contributed by atoms with Gasteiger partial charge in [-0.1, -0.05) is 0 Å². The summed E-state index contributed by atoms with van der Waals surface area (Å²) in [6, 6.07) is -0.189. The molecule has 1 aromatic heterocycles. The molecule has 1 aromatic rings. The SMILES string of the molecule is Cc1nc([C@H](C)N)c(C)c(=O)[nH]1. The molecule has 0 spiro atoms. The molecule has 0 aliphatic rings. The number of nitrogens with zero attached hydrogens (tertiary/aromatic N) is 1. The van der Waals surface area contributed by atoms with Gasteiger partial charge in [0.15, 0.2) is 0 Å². The number of nitrogens with one attached hydrogen (secondary N) is 1. The third-order valence-electron chi connectivity index (χ3n) is 1.74. The van der Waals surface area contributed by atoms with E-state index < -0.39 is 0 Å². The molecule has 3 N–H and O–H groups in total. The molecular weight excluding hydrogens is 154 g/mol. The average molecular weight is 167 g/mol. The Hall–Kier alpha value is -1.16. The van der Waals surface area contributed by atoms with Gasteiger partial charge in [-0.2, -0.15) is 0 Å². The second kappa shape index (κ2) is 3.06. The Bertz CT molecular complexity index is 341. The normalized spacial score (nSPS) is 13.0. The highest BCUT2D eigenvalue weighted by molar-refractivity contribution is 5.18. The van der Waals surface area contributed by atoms with Crippen molar-refractivity contribution in [3.05, 3.63) is 27.4 Å². The van der Waals surface area contributed by atoms with Crippen LogP contribution in [0.4, 0.5) is 0 Å². The standard InChI is InChI=1S/C8H13N3O/c1-4-7(5(2)9)10-6(3)11-8(4)12/h5H,9H2,1-3H3,(H,10,11,12)/t5-/m0/s1. The Labute approximate surface area is 70.8 Å². The molecule has 0 amide bonds. The van der Waals surface area contributed by atoms with E-state index in [1.165, 1.54) is 0 Å². The maximum atomic E-state index is 11.2. The van der Waals surface area contributed by atoms with Crippen molar-refractivity contribution in [2.75, 3.05) is 0 Å². The minimum Gasteiger partial charge on any atom is -0.323 e. The first-order valence-corrected chi connectivity index (χ1v) is 3.85. The molecule has 1 heterocycles. The van der Waals surface area contributed by atoms with Gasteiger partial charge < -0.3 is 10.7 Å². The Morgan fingerprint density at radius 2 is 2.08 bits per heavy atom. The van der Waals surface area contributed by atoms with Crippen LogP contribution in [0.2, 0.25) is 0 Å². The fraction of sp³-hybridized carbons (Fsp3) is 0.500. The van der Waals surface area contributed by atoms with Crippen molar-refractivity contribution >= 4 is 0 Å². The van der Waals surface area contributed by atoms with Crippen molar-refractivity contribution in [3.8, 4) is 0 Å². The molecule has 4 heteroatoms. The van der Waals surface area contributed by atoms with Crippen LogP contribution < -0.4 is 11.3 Å². The number of hydrogen-bond donors (Lipinski definition) is 2. The van der Waals surface area contributed by atoms with Gasteiger partial charge in [0.1, 0.15) is 5.82 Å². The molecule has 4 nitrogen and oxygen atoms in total. The average Bonchev–Trinajstić information content (AvgIpc) is 1.96. The van der Waals surface area contributed by atoms with Crippen LogP contribution in [-0.4, -0.2) is 9.97 Å². The van der Waals surface area contributed by atoms with Crippen molar-refractivity contribution < 1.29 is 0 Å². The van der Waals surface area contributed by atoms with E-state index in [-0.39, 0.29) is 11.6 Å². The second-order valence-corrected chi connectivity index (χ2v) is 2.95. The highest BCUT2D eigenvalue weighted by Crippen LogP contribution is 2.07. The van der Waals surface area contributed by atoms with Crippen molar-refractivity contribution in [3.63, 3.8) is 0 Å². The van der Waals surface area contributed by atoms with Crippen molar-refractivity contribution in [1.82, 2.24) is 9.97 Å². The quantitative estimate of drug-likeness (QED) is 0.636. The molecule has 0 aromatic carbocycles. The Kier molecular flexibility index (Phi) is 2.28. The van der Waals surface area contributed by atoms with E-state index in [4.69, 9.17) is 5.73 Å². The molecule has 0 aliphatic heterocycles. The zero-order chi connectivity index (χ0) is 9.30. The van der Waals surface area contributed by atoms with Gasteiger partial charge in [0, 0.05) is 11.6 Å². The second-order valence-electron chi connectivity index (χ2n) is 2.95. The van der Waals surface area contributed by atoms with Gasteiger partial charge in [0.25, 0.3) is 5.56 Å². The summed E-state index contributed by atoms with van der Waals surface area (Å²) in [5, 5.41) is 0. The van der Waals surface area contributed by atoms with Gasteiger partial charge in [-0.3, -0.25) is 4.79 Å². The van der Waals surface area contributed by atoms with E-state index in [9.17, 15) is 4.79 Å². The fourth-order valence-electron chi connectivity index (χ4n) is 1.11. The van der Waals surface area contributed by atoms with Crippen LogP contribution in [0.1, 0.15) is 30.0 Å². The lowest BCUT2D eigenvalue weighted by Crippen LogP contribution is -2.20. The summed E-state index contributed by atoms with van der Waals surface area (Å²) in [6.45, 7) is 5.28. The molecule has 0 saturated heterocycles. The number of aromatic nitrogens is 2. The number of aromatic amines is 1. The Morgan fingerprint density at radius 1 is 1.50 bits per heavy atom. The van der Waals surface area contributed by atoms with Crippen LogP contribution in [0.25, 0.3) is 0 Å². The van der Waals surface area contributed by atoms with E-state index in [0.29, 0.717) is 17.1 Å². The number of H-pyrrole nitrogens is 1. The number of nitrogens with two attached hydrogens (primary N) is 1. The van der Waals surface area contributed by atoms with Crippen LogP contribution in [-0.2, 0) is 0 Å². The fourth-order valence-corrected chi connectivity index (χ4v) is 1.11. The predicted molar refractivity (Wildman–Crippen MR) is 46.9 cm³/mol. The predicted octanol–water partition coefficient (Wildman–Crippen LogP) is 0.406. The zero-order valence-corrected chi connectivity index (χ0v) is 7.51. The lowest BCUT2D eigenvalue weighted by atomic mass is 10.1. The molecule has 1 rings (SSSR count). The van der Waals surface area contributed by atoms with Gasteiger partial charge >= 0.3 is 0 Å². The van der Waals surface area contributed by atoms with Crippen LogP contribution in [0.5, 0.6) is 0 Å². The van der Waals surface area contributed by atoms with Gasteiger partial charge in [0.05, 0.1) is 5.69 Å².